The van der Waals surface area contributed by atoms with E-state index in [0.29, 0.717) is 36.2 Å². The van der Waals surface area contributed by atoms with Crippen LogP contribution in [0.1, 0.15) is 99.4 Å². The van der Waals surface area contributed by atoms with Gasteiger partial charge in [0.1, 0.15) is 0 Å². The SMILES string of the molecule is CCCCc1cccc(C(=O)OCCCC(C)C)c1C(=O)OCCCC(C)C. The Hall–Kier alpha value is -1.84. The molecule has 0 unspecified atom stereocenters. The third-order valence-electron chi connectivity index (χ3n) is 4.69. The van der Waals surface area contributed by atoms with E-state index in [1.165, 1.54) is 0 Å². The quantitative estimate of drug-likeness (QED) is 0.296. The molecule has 4 heteroatoms. The minimum absolute atomic E-state index is 0.326. The van der Waals surface area contributed by atoms with Crippen molar-refractivity contribution >= 4 is 11.9 Å². The number of carbonyl (C=O) groups excluding carboxylic acids is 2. The highest BCUT2D eigenvalue weighted by molar-refractivity contribution is 6.04. The first kappa shape index (κ1) is 24.2. The summed E-state index contributed by atoms with van der Waals surface area (Å²) in [7, 11) is 0. The van der Waals surface area contributed by atoms with Gasteiger partial charge in [-0.3, -0.25) is 0 Å². The van der Waals surface area contributed by atoms with Crippen LogP contribution in [0.5, 0.6) is 0 Å². The Morgan fingerprint density at radius 3 is 1.96 bits per heavy atom. The van der Waals surface area contributed by atoms with Gasteiger partial charge in [0.25, 0.3) is 0 Å². The summed E-state index contributed by atoms with van der Waals surface area (Å²) in [5.41, 5.74) is 1.58. The predicted molar refractivity (Wildman–Crippen MR) is 114 cm³/mol. The highest BCUT2D eigenvalue weighted by atomic mass is 16.5. The number of unbranched alkanes of at least 4 members (excludes halogenated alkanes) is 1. The fraction of sp³-hybridized carbons (Fsp3) is 0.667. The zero-order valence-corrected chi connectivity index (χ0v) is 18.4. The molecule has 1 rings (SSSR count). The van der Waals surface area contributed by atoms with Gasteiger partial charge in [0, 0.05) is 0 Å². The minimum atomic E-state index is -0.434. The minimum Gasteiger partial charge on any atom is -0.462 e. The van der Waals surface area contributed by atoms with Gasteiger partial charge in [-0.25, -0.2) is 9.59 Å². The van der Waals surface area contributed by atoms with Crippen molar-refractivity contribution in [3.8, 4) is 0 Å². The van der Waals surface area contributed by atoms with E-state index in [4.69, 9.17) is 9.47 Å². The molecule has 4 nitrogen and oxygen atoms in total. The summed E-state index contributed by atoms with van der Waals surface area (Å²) in [6.07, 6.45) is 6.40. The molecule has 0 heterocycles. The van der Waals surface area contributed by atoms with E-state index in [-0.39, 0.29) is 0 Å². The maximum Gasteiger partial charge on any atom is 0.339 e. The number of hydrogen-bond donors (Lipinski definition) is 0. The van der Waals surface area contributed by atoms with Crippen LogP contribution in [-0.2, 0) is 15.9 Å². The third-order valence-corrected chi connectivity index (χ3v) is 4.69. The summed E-state index contributed by atoms with van der Waals surface area (Å²) in [6, 6.07) is 5.41. The standard InChI is InChI=1S/C24H38O4/c1-6-7-13-20-14-8-15-21(23(25)27-16-9-11-18(2)3)22(20)24(26)28-17-10-12-19(4)5/h8,14-15,18-19H,6-7,9-13,16-17H2,1-5H3. The Morgan fingerprint density at radius 1 is 0.857 bits per heavy atom. The van der Waals surface area contributed by atoms with Crippen LogP contribution in [0.2, 0.25) is 0 Å². The van der Waals surface area contributed by atoms with Gasteiger partial charge < -0.3 is 9.47 Å². The van der Waals surface area contributed by atoms with Gasteiger partial charge in [-0.1, -0.05) is 53.2 Å². The van der Waals surface area contributed by atoms with Crippen molar-refractivity contribution in [2.24, 2.45) is 11.8 Å². The summed E-state index contributed by atoms with van der Waals surface area (Å²) in [6.45, 7) is 11.4. The van der Waals surface area contributed by atoms with Gasteiger partial charge in [-0.05, 0) is 62.0 Å². The second kappa shape index (κ2) is 13.4. The van der Waals surface area contributed by atoms with E-state index < -0.39 is 11.9 Å². The summed E-state index contributed by atoms with van der Waals surface area (Å²) < 4.78 is 10.9. The molecular formula is C24H38O4. The van der Waals surface area contributed by atoms with Crippen molar-refractivity contribution < 1.29 is 19.1 Å². The molecule has 0 aromatic heterocycles. The summed E-state index contributed by atoms with van der Waals surface area (Å²) in [5.74, 6) is 0.306. The normalized spacial score (nSPS) is 11.1. The van der Waals surface area contributed by atoms with Crippen molar-refractivity contribution in [3.05, 3.63) is 34.9 Å². The lowest BCUT2D eigenvalue weighted by molar-refractivity contribution is 0.0446. The molecule has 0 saturated carbocycles. The number of carbonyl (C=O) groups is 2. The van der Waals surface area contributed by atoms with Crippen molar-refractivity contribution in [1.82, 2.24) is 0 Å². The number of esters is 2. The fourth-order valence-electron chi connectivity index (χ4n) is 3.05. The highest BCUT2D eigenvalue weighted by Gasteiger charge is 2.23. The smallest absolute Gasteiger partial charge is 0.339 e. The number of hydrogen-bond acceptors (Lipinski definition) is 4. The Morgan fingerprint density at radius 2 is 1.43 bits per heavy atom. The van der Waals surface area contributed by atoms with E-state index in [9.17, 15) is 9.59 Å². The molecule has 0 aliphatic carbocycles. The lowest BCUT2D eigenvalue weighted by Crippen LogP contribution is -2.17. The molecule has 0 aliphatic rings. The number of aryl methyl sites for hydroxylation is 1. The van der Waals surface area contributed by atoms with Gasteiger partial charge >= 0.3 is 11.9 Å². The topological polar surface area (TPSA) is 52.6 Å². The molecule has 158 valence electrons. The maximum atomic E-state index is 12.8. The van der Waals surface area contributed by atoms with E-state index in [2.05, 4.69) is 34.6 Å². The van der Waals surface area contributed by atoms with Crippen LogP contribution in [0, 0.1) is 11.8 Å². The molecule has 0 N–H and O–H groups in total. The van der Waals surface area contributed by atoms with Gasteiger partial charge in [0.05, 0.1) is 24.3 Å². The molecule has 1 aromatic rings. The first-order valence-corrected chi connectivity index (χ1v) is 10.8. The van der Waals surface area contributed by atoms with Crippen LogP contribution in [0.15, 0.2) is 18.2 Å². The van der Waals surface area contributed by atoms with E-state index >= 15 is 0 Å². The lowest BCUT2D eigenvalue weighted by atomic mass is 9.97. The third kappa shape index (κ3) is 8.90. The molecule has 28 heavy (non-hydrogen) atoms. The number of ether oxygens (including phenoxy) is 2. The lowest BCUT2D eigenvalue weighted by Gasteiger charge is -2.14. The number of rotatable bonds is 13. The van der Waals surface area contributed by atoms with Crippen LogP contribution in [0.3, 0.4) is 0 Å². The Kier molecular flexibility index (Phi) is 11.5. The van der Waals surface area contributed by atoms with Crippen LogP contribution in [0.4, 0.5) is 0 Å². The molecule has 0 aliphatic heterocycles. The second-order valence-electron chi connectivity index (χ2n) is 8.29. The second-order valence-corrected chi connectivity index (χ2v) is 8.29. The van der Waals surface area contributed by atoms with Crippen molar-refractivity contribution in [1.29, 1.82) is 0 Å². The zero-order valence-electron chi connectivity index (χ0n) is 18.4. The molecular weight excluding hydrogens is 352 g/mol. The van der Waals surface area contributed by atoms with Gasteiger partial charge in [-0.2, -0.15) is 0 Å². The van der Waals surface area contributed by atoms with Crippen molar-refractivity contribution in [2.45, 2.75) is 79.6 Å². The van der Waals surface area contributed by atoms with Gasteiger partial charge in [0.15, 0.2) is 0 Å². The first-order chi connectivity index (χ1) is 13.4. The molecule has 0 atom stereocenters. The Balaban J connectivity index is 2.89. The largest absolute Gasteiger partial charge is 0.462 e. The van der Waals surface area contributed by atoms with Crippen LogP contribution < -0.4 is 0 Å². The maximum absolute atomic E-state index is 12.8. The van der Waals surface area contributed by atoms with Crippen molar-refractivity contribution in [2.75, 3.05) is 13.2 Å². The van der Waals surface area contributed by atoms with Crippen LogP contribution in [-0.4, -0.2) is 25.2 Å². The van der Waals surface area contributed by atoms with Crippen LogP contribution in [0.25, 0.3) is 0 Å². The van der Waals surface area contributed by atoms with Gasteiger partial charge in [-0.15, -0.1) is 0 Å². The van der Waals surface area contributed by atoms with E-state index in [1.54, 1.807) is 6.07 Å². The fourth-order valence-corrected chi connectivity index (χ4v) is 3.05. The van der Waals surface area contributed by atoms with Crippen LogP contribution >= 0.6 is 0 Å². The molecule has 0 saturated heterocycles. The number of benzene rings is 1. The Bertz CT molecular complexity index is 605. The average molecular weight is 391 g/mol. The molecule has 0 spiro atoms. The monoisotopic (exact) mass is 390 g/mol. The summed E-state index contributed by atoms with van der Waals surface area (Å²) in [5, 5.41) is 0. The van der Waals surface area contributed by atoms with Gasteiger partial charge in [0.2, 0.25) is 0 Å². The van der Waals surface area contributed by atoms with Crippen molar-refractivity contribution in [3.63, 3.8) is 0 Å². The molecule has 0 radical (unpaired) electrons. The zero-order chi connectivity index (χ0) is 20.9. The molecule has 0 amide bonds. The summed E-state index contributed by atoms with van der Waals surface area (Å²) >= 11 is 0. The molecule has 1 aromatic carbocycles. The summed E-state index contributed by atoms with van der Waals surface area (Å²) in [4.78, 5) is 25.4. The highest BCUT2D eigenvalue weighted by Crippen LogP contribution is 2.20. The molecule has 0 bridgehead atoms. The first-order valence-electron chi connectivity index (χ1n) is 10.8. The Labute approximate surface area is 171 Å². The average Bonchev–Trinajstić information content (AvgIpc) is 2.65. The molecule has 0 fully saturated rings. The predicted octanol–water partition coefficient (Wildman–Crippen LogP) is 6.22. The van der Waals surface area contributed by atoms with E-state index in [0.717, 1.165) is 50.5 Å². The van der Waals surface area contributed by atoms with E-state index in [1.807, 2.05) is 12.1 Å².